The molecule has 0 atom stereocenters. The maximum Gasteiger partial charge on any atom is 0.127 e. The van der Waals surface area contributed by atoms with E-state index in [1.807, 2.05) is 61.5 Å². The minimum Gasteiger partial charge on any atom is -0.507 e. The van der Waals surface area contributed by atoms with Crippen molar-refractivity contribution in [1.82, 2.24) is 4.98 Å². The number of phenols is 1. The Labute approximate surface area is 163 Å². The number of thiazole rings is 1. The van der Waals surface area contributed by atoms with Crippen LogP contribution in [-0.4, -0.2) is 16.3 Å². The van der Waals surface area contributed by atoms with E-state index < -0.39 is 0 Å². The Kier molecular flexibility index (Phi) is 4.57. The van der Waals surface area contributed by atoms with Gasteiger partial charge in [-0.2, -0.15) is 0 Å². The van der Waals surface area contributed by atoms with Crippen molar-refractivity contribution in [2.75, 3.05) is 0 Å². The van der Waals surface area contributed by atoms with E-state index in [1.54, 1.807) is 17.6 Å². The van der Waals surface area contributed by atoms with Gasteiger partial charge in [0, 0.05) is 21.8 Å². The predicted molar refractivity (Wildman–Crippen MR) is 113 cm³/mol. The number of aromatic nitrogens is 1. The highest BCUT2D eigenvalue weighted by Gasteiger charge is 2.07. The predicted octanol–water partition coefficient (Wildman–Crippen LogP) is 6.49. The summed E-state index contributed by atoms with van der Waals surface area (Å²) in [5.74, 6) is 0.249. The highest BCUT2D eigenvalue weighted by molar-refractivity contribution is 9.10. The Morgan fingerprint density at radius 1 is 1.08 bits per heavy atom. The third-order valence-corrected chi connectivity index (χ3v) is 5.58. The molecule has 0 radical (unpaired) electrons. The molecule has 4 aromatic rings. The van der Waals surface area contributed by atoms with Crippen LogP contribution < -0.4 is 0 Å². The summed E-state index contributed by atoms with van der Waals surface area (Å²) in [5, 5.41) is 11.2. The number of aliphatic imine (C=N–C) groups is 1. The van der Waals surface area contributed by atoms with Crippen LogP contribution in [0.1, 0.15) is 11.1 Å². The number of aromatic hydroxyl groups is 1. The summed E-state index contributed by atoms with van der Waals surface area (Å²) in [4.78, 5) is 9.23. The van der Waals surface area contributed by atoms with Crippen molar-refractivity contribution in [3.8, 4) is 16.3 Å². The third-order valence-electron chi connectivity index (χ3n) is 4.03. The fourth-order valence-corrected chi connectivity index (χ4v) is 4.27. The molecule has 4 rings (SSSR count). The first kappa shape index (κ1) is 16.9. The molecule has 26 heavy (non-hydrogen) atoms. The Bertz CT molecular complexity index is 1100. The summed E-state index contributed by atoms with van der Waals surface area (Å²) < 4.78 is 2.09. The van der Waals surface area contributed by atoms with Gasteiger partial charge in [-0.15, -0.1) is 11.3 Å². The van der Waals surface area contributed by atoms with Crippen LogP contribution in [0.15, 0.2) is 70.1 Å². The number of benzene rings is 3. The summed E-state index contributed by atoms with van der Waals surface area (Å²) in [6, 6.07) is 19.8. The van der Waals surface area contributed by atoms with Gasteiger partial charge in [0.2, 0.25) is 0 Å². The Morgan fingerprint density at radius 2 is 1.92 bits per heavy atom. The minimum atomic E-state index is 0.249. The van der Waals surface area contributed by atoms with E-state index in [2.05, 4.69) is 27.0 Å². The molecule has 0 amide bonds. The van der Waals surface area contributed by atoms with E-state index >= 15 is 0 Å². The van der Waals surface area contributed by atoms with Crippen molar-refractivity contribution in [3.05, 3.63) is 76.3 Å². The van der Waals surface area contributed by atoms with Crippen molar-refractivity contribution in [1.29, 1.82) is 0 Å². The number of fused-ring (bicyclic) bond motifs is 1. The molecule has 0 aliphatic heterocycles. The molecular formula is C21H15BrN2OS. The lowest BCUT2D eigenvalue weighted by Gasteiger charge is -2.04. The van der Waals surface area contributed by atoms with Gasteiger partial charge >= 0.3 is 0 Å². The molecule has 3 nitrogen and oxygen atoms in total. The number of nitrogens with zero attached hydrogens (tertiary/aromatic N) is 2. The second-order valence-corrected chi connectivity index (χ2v) is 7.90. The molecule has 0 fully saturated rings. The van der Waals surface area contributed by atoms with Crippen molar-refractivity contribution in [2.45, 2.75) is 6.92 Å². The van der Waals surface area contributed by atoms with Gasteiger partial charge in [-0.25, -0.2) is 4.98 Å². The summed E-state index contributed by atoms with van der Waals surface area (Å²) in [5.41, 5.74) is 4.36. The zero-order valence-electron chi connectivity index (χ0n) is 14.0. The largest absolute Gasteiger partial charge is 0.507 e. The van der Waals surface area contributed by atoms with E-state index in [-0.39, 0.29) is 5.75 Å². The van der Waals surface area contributed by atoms with Crippen molar-refractivity contribution < 1.29 is 5.11 Å². The molecule has 0 saturated heterocycles. The van der Waals surface area contributed by atoms with Gasteiger partial charge in [-0.05, 0) is 48.9 Å². The maximum atomic E-state index is 10.2. The number of rotatable bonds is 3. The molecule has 0 aliphatic rings. The zero-order valence-corrected chi connectivity index (χ0v) is 16.4. The number of hydrogen-bond acceptors (Lipinski definition) is 4. The highest BCUT2D eigenvalue weighted by atomic mass is 79.9. The molecule has 1 N–H and O–H groups in total. The van der Waals surface area contributed by atoms with Crippen LogP contribution in [0.5, 0.6) is 5.75 Å². The Morgan fingerprint density at radius 3 is 2.77 bits per heavy atom. The van der Waals surface area contributed by atoms with Crippen LogP contribution in [0.25, 0.3) is 20.8 Å². The molecule has 0 aliphatic carbocycles. The molecule has 5 heteroatoms. The van der Waals surface area contributed by atoms with Crippen LogP contribution in [0.3, 0.4) is 0 Å². The lowest BCUT2D eigenvalue weighted by molar-refractivity contribution is 0.470. The van der Waals surface area contributed by atoms with Crippen LogP contribution in [0.2, 0.25) is 0 Å². The number of aryl methyl sites for hydroxylation is 1. The van der Waals surface area contributed by atoms with Crippen LogP contribution in [0, 0.1) is 6.92 Å². The van der Waals surface area contributed by atoms with Gasteiger partial charge in [0.05, 0.1) is 15.9 Å². The van der Waals surface area contributed by atoms with Gasteiger partial charge in [-0.1, -0.05) is 40.2 Å². The van der Waals surface area contributed by atoms with Gasteiger partial charge in [-0.3, -0.25) is 4.99 Å². The highest BCUT2D eigenvalue weighted by Crippen LogP contribution is 2.32. The third kappa shape index (κ3) is 3.41. The minimum absolute atomic E-state index is 0.249. The first-order chi connectivity index (χ1) is 12.6. The molecule has 0 bridgehead atoms. The number of para-hydroxylation sites is 1. The molecule has 0 saturated carbocycles. The van der Waals surface area contributed by atoms with Crippen LogP contribution >= 0.6 is 27.3 Å². The van der Waals surface area contributed by atoms with E-state index in [4.69, 9.17) is 4.98 Å². The first-order valence-electron chi connectivity index (χ1n) is 8.09. The summed E-state index contributed by atoms with van der Waals surface area (Å²) >= 11 is 5.12. The first-order valence-corrected chi connectivity index (χ1v) is 9.70. The number of phenolic OH excluding ortho intramolecular Hbond substituents is 1. The number of halogens is 1. The molecule has 0 spiro atoms. The monoisotopic (exact) mass is 422 g/mol. The second-order valence-electron chi connectivity index (χ2n) is 5.96. The molecule has 128 valence electrons. The molecule has 1 aromatic heterocycles. The fraction of sp³-hybridized carbons (Fsp3) is 0.0476. The molecule has 3 aromatic carbocycles. The van der Waals surface area contributed by atoms with E-state index in [0.29, 0.717) is 5.56 Å². The standard InChI is InChI=1S/C21H15BrN2OS/c1-13-9-16(22)10-15(20(13)25)12-23-17-6-4-5-14(11-17)21-24-18-7-2-3-8-19(18)26-21/h2-12,25H,1H3. The zero-order chi connectivity index (χ0) is 18.1. The average molecular weight is 423 g/mol. The van der Waals surface area contributed by atoms with E-state index in [9.17, 15) is 5.11 Å². The Hall–Kier alpha value is -2.50. The van der Waals surface area contributed by atoms with Crippen LogP contribution in [-0.2, 0) is 0 Å². The van der Waals surface area contributed by atoms with Gasteiger partial charge in [0.1, 0.15) is 10.8 Å². The topological polar surface area (TPSA) is 45.5 Å². The SMILES string of the molecule is Cc1cc(Br)cc(C=Nc2cccc(-c3nc4ccccc4s3)c2)c1O. The van der Waals surface area contributed by atoms with E-state index in [0.717, 1.165) is 31.8 Å². The second kappa shape index (κ2) is 7.02. The van der Waals surface area contributed by atoms with Crippen molar-refractivity contribution >= 4 is 49.4 Å². The summed E-state index contributed by atoms with van der Waals surface area (Å²) in [6.07, 6.45) is 1.69. The normalized spacial score (nSPS) is 11.5. The fourth-order valence-electron chi connectivity index (χ4n) is 2.72. The molecule has 1 heterocycles. The lowest BCUT2D eigenvalue weighted by Crippen LogP contribution is -1.86. The summed E-state index contributed by atoms with van der Waals surface area (Å²) in [7, 11) is 0. The lowest BCUT2D eigenvalue weighted by atomic mass is 10.1. The maximum absolute atomic E-state index is 10.2. The van der Waals surface area contributed by atoms with Gasteiger partial charge in [0.25, 0.3) is 0 Å². The smallest absolute Gasteiger partial charge is 0.127 e. The average Bonchev–Trinajstić information content (AvgIpc) is 3.08. The summed E-state index contributed by atoms with van der Waals surface area (Å²) in [6.45, 7) is 1.87. The van der Waals surface area contributed by atoms with E-state index in [1.165, 1.54) is 4.70 Å². The quantitative estimate of drug-likeness (QED) is 0.383. The Balaban J connectivity index is 1.68. The van der Waals surface area contributed by atoms with Gasteiger partial charge < -0.3 is 5.11 Å². The van der Waals surface area contributed by atoms with Crippen LogP contribution in [0.4, 0.5) is 5.69 Å². The van der Waals surface area contributed by atoms with Crippen molar-refractivity contribution in [3.63, 3.8) is 0 Å². The molecular weight excluding hydrogens is 408 g/mol. The van der Waals surface area contributed by atoms with Gasteiger partial charge in [0.15, 0.2) is 0 Å². The molecule has 0 unspecified atom stereocenters. The van der Waals surface area contributed by atoms with Crippen molar-refractivity contribution in [2.24, 2.45) is 4.99 Å². The number of hydrogen-bond donors (Lipinski definition) is 1.